The lowest BCUT2D eigenvalue weighted by Gasteiger charge is -1.83. The Morgan fingerprint density at radius 1 is 1.06 bits per heavy atom. The van der Waals surface area contributed by atoms with E-state index in [1.807, 2.05) is 41.9 Å². The molecule has 4 aromatic heterocycles. The van der Waals surface area contributed by atoms with Gasteiger partial charge in [0.2, 0.25) is 0 Å². The molecule has 0 aliphatic rings. The number of thiophene rings is 2. The van der Waals surface area contributed by atoms with Crippen LogP contribution in [0.4, 0.5) is 0 Å². The molecule has 0 N–H and O–H groups in total. The van der Waals surface area contributed by atoms with Gasteiger partial charge in [-0.3, -0.25) is 9.36 Å². The number of aromatic nitrogens is 4. The number of hydrogen-bond acceptors (Lipinski definition) is 4. The van der Waals surface area contributed by atoms with Crippen LogP contribution in [-0.2, 0) is 14.1 Å². The fourth-order valence-electron chi connectivity index (χ4n) is 1.74. The minimum absolute atomic E-state index is 1.10. The van der Waals surface area contributed by atoms with E-state index in [1.165, 1.54) is 14.9 Å². The van der Waals surface area contributed by atoms with Crippen LogP contribution >= 0.6 is 22.7 Å². The van der Waals surface area contributed by atoms with Gasteiger partial charge >= 0.3 is 0 Å². The van der Waals surface area contributed by atoms with Crippen LogP contribution in [0.1, 0.15) is 0 Å². The molecule has 0 fully saturated rings. The average molecular weight is 276 g/mol. The third kappa shape index (κ3) is 2.04. The number of aryl methyl sites for hydroxylation is 2. The van der Waals surface area contributed by atoms with Gasteiger partial charge in [-0.25, -0.2) is 0 Å². The lowest BCUT2D eigenvalue weighted by Crippen LogP contribution is -1.86. The van der Waals surface area contributed by atoms with E-state index in [-0.39, 0.29) is 0 Å². The minimum Gasteiger partial charge on any atom is -0.274 e. The van der Waals surface area contributed by atoms with Gasteiger partial charge in [0, 0.05) is 20.3 Å². The molecule has 4 rings (SSSR count). The third-order valence-electron chi connectivity index (χ3n) is 2.61. The smallest absolute Gasteiger partial charge is 0.103 e. The molecule has 0 saturated carbocycles. The second kappa shape index (κ2) is 4.55. The number of nitrogens with zero attached hydrogens (tertiary/aromatic N) is 4. The first-order valence-electron chi connectivity index (χ1n) is 5.46. The van der Waals surface area contributed by atoms with Gasteiger partial charge in [0.25, 0.3) is 0 Å². The van der Waals surface area contributed by atoms with Crippen LogP contribution in [-0.4, -0.2) is 19.6 Å². The predicted molar refractivity (Wildman–Crippen MR) is 77.2 cm³/mol. The second-order valence-corrected chi connectivity index (χ2v) is 5.81. The number of hydrogen-bond donors (Lipinski definition) is 0. The van der Waals surface area contributed by atoms with E-state index in [9.17, 15) is 0 Å². The molecule has 0 radical (unpaired) electrons. The van der Waals surface area contributed by atoms with Gasteiger partial charge in [-0.2, -0.15) is 10.2 Å². The minimum atomic E-state index is 1.10. The van der Waals surface area contributed by atoms with E-state index >= 15 is 0 Å². The molecule has 4 nitrogen and oxygen atoms in total. The monoisotopic (exact) mass is 276 g/mol. The van der Waals surface area contributed by atoms with Crippen molar-refractivity contribution >= 4 is 43.1 Å². The van der Waals surface area contributed by atoms with Gasteiger partial charge in [0.05, 0.1) is 21.1 Å². The zero-order valence-corrected chi connectivity index (χ0v) is 11.7. The van der Waals surface area contributed by atoms with Crippen molar-refractivity contribution in [3.63, 3.8) is 0 Å². The Labute approximate surface area is 112 Å². The Hall–Kier alpha value is -1.66. The Morgan fingerprint density at radius 3 is 2.61 bits per heavy atom. The molecule has 0 aliphatic carbocycles. The van der Waals surface area contributed by atoms with Crippen molar-refractivity contribution in [2.75, 3.05) is 0 Å². The van der Waals surface area contributed by atoms with Crippen molar-refractivity contribution < 1.29 is 0 Å². The molecule has 4 aromatic rings. The van der Waals surface area contributed by atoms with E-state index in [4.69, 9.17) is 0 Å². The second-order valence-electron chi connectivity index (χ2n) is 3.91. The number of rotatable bonds is 0. The van der Waals surface area contributed by atoms with Crippen LogP contribution in [0.3, 0.4) is 0 Å². The highest BCUT2D eigenvalue weighted by Crippen LogP contribution is 2.18. The topological polar surface area (TPSA) is 35.6 Å². The molecule has 0 bridgehead atoms. The van der Waals surface area contributed by atoms with Crippen molar-refractivity contribution in [1.29, 1.82) is 0 Å². The Bertz CT molecular complexity index is 744. The van der Waals surface area contributed by atoms with Crippen LogP contribution in [0.25, 0.3) is 20.4 Å². The third-order valence-corrected chi connectivity index (χ3v) is 4.29. The summed E-state index contributed by atoms with van der Waals surface area (Å²) in [4.78, 5) is 0. The Morgan fingerprint density at radius 2 is 1.83 bits per heavy atom. The largest absolute Gasteiger partial charge is 0.274 e. The van der Waals surface area contributed by atoms with Gasteiger partial charge in [0.15, 0.2) is 0 Å². The van der Waals surface area contributed by atoms with Gasteiger partial charge < -0.3 is 0 Å². The molecule has 0 aliphatic heterocycles. The van der Waals surface area contributed by atoms with Crippen LogP contribution in [0.5, 0.6) is 0 Å². The molecular formula is C12H12N4S2. The first kappa shape index (κ1) is 11.4. The van der Waals surface area contributed by atoms with Gasteiger partial charge in [-0.05, 0) is 22.9 Å². The zero-order valence-electron chi connectivity index (χ0n) is 10.1. The maximum Gasteiger partial charge on any atom is 0.103 e. The lowest BCUT2D eigenvalue weighted by molar-refractivity contribution is 0.780. The summed E-state index contributed by atoms with van der Waals surface area (Å²) < 4.78 is 6.24. The molecule has 18 heavy (non-hydrogen) atoms. The van der Waals surface area contributed by atoms with E-state index in [0.29, 0.717) is 0 Å². The zero-order chi connectivity index (χ0) is 12.5. The fourth-order valence-corrected chi connectivity index (χ4v) is 3.30. The van der Waals surface area contributed by atoms with Crippen LogP contribution in [0, 0.1) is 0 Å². The molecule has 0 amide bonds. The summed E-state index contributed by atoms with van der Waals surface area (Å²) in [5.41, 5.74) is 2.32. The van der Waals surface area contributed by atoms with Crippen LogP contribution < -0.4 is 0 Å². The highest BCUT2D eigenvalue weighted by Gasteiger charge is 1.97. The Kier molecular flexibility index (Phi) is 2.89. The van der Waals surface area contributed by atoms with Gasteiger partial charge in [-0.1, -0.05) is 0 Å². The molecule has 0 saturated heterocycles. The molecule has 0 unspecified atom stereocenters. The highest BCUT2D eigenvalue weighted by atomic mass is 32.1. The summed E-state index contributed by atoms with van der Waals surface area (Å²) in [5, 5.41) is 12.4. The summed E-state index contributed by atoms with van der Waals surface area (Å²) >= 11 is 3.45. The molecule has 0 spiro atoms. The lowest BCUT2D eigenvalue weighted by atomic mass is 10.5. The quantitative estimate of drug-likeness (QED) is 0.494. The maximum absolute atomic E-state index is 4.20. The highest BCUT2D eigenvalue weighted by molar-refractivity contribution is 7.17. The average Bonchev–Trinajstić information content (AvgIpc) is 3.02. The SMILES string of the molecule is Cn1cc2sccc2n1.Cn1ncc2sccc21. The van der Waals surface area contributed by atoms with E-state index < -0.39 is 0 Å². The van der Waals surface area contributed by atoms with Crippen molar-refractivity contribution in [1.82, 2.24) is 19.6 Å². The first-order valence-corrected chi connectivity index (χ1v) is 7.22. The van der Waals surface area contributed by atoms with Crippen molar-refractivity contribution in [2.45, 2.75) is 0 Å². The fraction of sp³-hybridized carbons (Fsp3) is 0.167. The molecule has 0 aromatic carbocycles. The summed E-state index contributed by atoms with van der Waals surface area (Å²) in [6, 6.07) is 4.10. The maximum atomic E-state index is 4.20. The standard InChI is InChI=1S/2C6H6N2S/c1-8-4-6-5(7-8)2-3-9-6;1-8-5-2-3-9-6(5)4-7-8/h2*2-4H,1H3. The molecule has 0 atom stereocenters. The first-order chi connectivity index (χ1) is 8.74. The predicted octanol–water partition coefficient (Wildman–Crippen LogP) is 3.27. The van der Waals surface area contributed by atoms with Crippen molar-refractivity contribution in [3.05, 3.63) is 35.3 Å². The summed E-state index contributed by atoms with van der Waals surface area (Å²) in [7, 11) is 3.89. The van der Waals surface area contributed by atoms with E-state index in [1.54, 1.807) is 22.7 Å². The summed E-state index contributed by atoms with van der Waals surface area (Å²) in [6.07, 6.45) is 3.92. The summed E-state index contributed by atoms with van der Waals surface area (Å²) in [5.74, 6) is 0. The molecule has 6 heteroatoms. The molecular weight excluding hydrogens is 264 g/mol. The Balaban J connectivity index is 0.000000111. The summed E-state index contributed by atoms with van der Waals surface area (Å²) in [6.45, 7) is 0. The normalized spacial score (nSPS) is 10.8. The van der Waals surface area contributed by atoms with Crippen LogP contribution in [0.2, 0.25) is 0 Å². The van der Waals surface area contributed by atoms with E-state index in [0.717, 1.165) is 5.52 Å². The van der Waals surface area contributed by atoms with Gasteiger partial charge in [0.1, 0.15) is 5.52 Å². The van der Waals surface area contributed by atoms with Crippen molar-refractivity contribution in [2.24, 2.45) is 14.1 Å². The van der Waals surface area contributed by atoms with Crippen LogP contribution in [0.15, 0.2) is 35.3 Å². The van der Waals surface area contributed by atoms with E-state index in [2.05, 4.69) is 27.0 Å². The molecule has 92 valence electrons. The van der Waals surface area contributed by atoms with Crippen molar-refractivity contribution in [3.8, 4) is 0 Å². The molecule has 4 heterocycles. The number of fused-ring (bicyclic) bond motifs is 2. The van der Waals surface area contributed by atoms with Gasteiger partial charge in [-0.15, -0.1) is 22.7 Å².